The van der Waals surface area contributed by atoms with Crippen molar-refractivity contribution in [2.45, 2.75) is 38.6 Å². The number of nitrogens with two attached hydrogens (primary N) is 3. The van der Waals surface area contributed by atoms with Crippen molar-refractivity contribution in [2.75, 3.05) is 81.9 Å². The number of aromatic nitrogens is 8. The highest BCUT2D eigenvalue weighted by atomic mass is 16.6. The Morgan fingerprint density at radius 2 is 1.50 bits per heavy atom. The first-order valence-electron chi connectivity index (χ1n) is 20.2. The summed E-state index contributed by atoms with van der Waals surface area (Å²) >= 11 is 0. The summed E-state index contributed by atoms with van der Waals surface area (Å²) in [6, 6.07) is 13.2. The number of aliphatic hydroxyl groups is 2. The van der Waals surface area contributed by atoms with Crippen LogP contribution in [-0.2, 0) is 43.6 Å². The minimum Gasteiger partial charge on any atom is -0.480 e. The zero-order chi connectivity index (χ0) is 45.3. The van der Waals surface area contributed by atoms with Gasteiger partial charge in [0.25, 0.3) is 5.91 Å². The van der Waals surface area contributed by atoms with Gasteiger partial charge in [-0.3, -0.25) is 9.59 Å². The number of fused-ring (bicyclic) bond motifs is 2. The monoisotopic (exact) mass is 883 g/mol. The molecule has 0 aliphatic carbocycles. The van der Waals surface area contributed by atoms with Crippen molar-refractivity contribution in [2.24, 2.45) is 0 Å². The third kappa shape index (κ3) is 13.8. The fourth-order valence-corrected chi connectivity index (χ4v) is 6.08. The maximum absolute atomic E-state index is 12.9. The molecule has 6 rings (SSSR count). The number of nitrogens with one attached hydrogen (secondary N) is 3. The molecule has 0 bridgehead atoms. The number of carboxylic acids is 1. The zero-order valence-electron chi connectivity index (χ0n) is 35.1. The highest BCUT2D eigenvalue weighted by Gasteiger charge is 2.22. The molecule has 0 fully saturated rings. The Bertz CT molecular complexity index is 2470. The van der Waals surface area contributed by atoms with Crippen LogP contribution in [0.4, 0.5) is 23.4 Å². The lowest BCUT2D eigenvalue weighted by Gasteiger charge is -2.19. The third-order valence-electron chi connectivity index (χ3n) is 9.40. The molecule has 0 unspecified atom stereocenters. The van der Waals surface area contributed by atoms with Crippen LogP contribution in [0.25, 0.3) is 22.3 Å². The molecule has 64 heavy (non-hydrogen) atoms. The SMILES string of the molecule is CN(Cc1cnc2nc(N)nc(N)c2n1)c1ccc(C(=O)N[C@@H](CCC(=O)NCCOCC[OH+]CCOCCOCc2ccc(COc3nc(N)nc4nc[nH]c34)cc2)C(=O)O)cc1. The number of hydrogen-bond donors (Lipinski definition) is 7. The highest BCUT2D eigenvalue weighted by molar-refractivity contribution is 5.97. The number of carboxylic acid groups (broad SMARTS) is 1. The molecule has 0 radical (unpaired) electrons. The van der Waals surface area contributed by atoms with E-state index in [1.165, 1.54) is 6.33 Å². The zero-order valence-corrected chi connectivity index (χ0v) is 35.1. The maximum atomic E-state index is 12.9. The minimum atomic E-state index is -1.27. The first kappa shape index (κ1) is 46.2. The molecule has 11 N–H and O–H groups in total. The largest absolute Gasteiger partial charge is 0.480 e. The third-order valence-corrected chi connectivity index (χ3v) is 9.40. The molecule has 1 atom stereocenters. The molecular formula is C41H51N14O9+. The number of hydrogen-bond acceptors (Lipinski definition) is 18. The molecule has 6 aromatic rings. The van der Waals surface area contributed by atoms with Crippen LogP contribution < -0.4 is 37.5 Å². The van der Waals surface area contributed by atoms with Gasteiger partial charge in [0.1, 0.15) is 31.4 Å². The molecule has 0 aliphatic rings. The van der Waals surface area contributed by atoms with Gasteiger partial charge in [-0.15, -0.1) is 0 Å². The van der Waals surface area contributed by atoms with Gasteiger partial charge in [0.05, 0.1) is 51.2 Å². The van der Waals surface area contributed by atoms with Gasteiger partial charge in [-0.2, -0.15) is 19.9 Å². The number of aromatic amines is 1. The molecule has 0 spiro atoms. The average molecular weight is 884 g/mol. The number of nitrogen functional groups attached to an aromatic ring is 3. The van der Waals surface area contributed by atoms with E-state index < -0.39 is 17.9 Å². The number of benzene rings is 2. The number of amides is 2. The fraction of sp³-hybridized carbons (Fsp3) is 0.366. The van der Waals surface area contributed by atoms with Crippen molar-refractivity contribution < 1.29 is 43.2 Å². The molecule has 4 heterocycles. The van der Waals surface area contributed by atoms with Gasteiger partial charge < -0.3 is 66.5 Å². The van der Waals surface area contributed by atoms with Crippen molar-refractivity contribution >= 4 is 63.5 Å². The Morgan fingerprint density at radius 1 is 0.812 bits per heavy atom. The van der Waals surface area contributed by atoms with Gasteiger partial charge in [-0.05, 0) is 41.8 Å². The molecule has 0 aliphatic heterocycles. The predicted molar refractivity (Wildman–Crippen MR) is 234 cm³/mol. The van der Waals surface area contributed by atoms with Crippen molar-refractivity contribution in [3.63, 3.8) is 0 Å². The van der Waals surface area contributed by atoms with Gasteiger partial charge in [0.2, 0.25) is 23.7 Å². The lowest BCUT2D eigenvalue weighted by atomic mass is 10.1. The second-order valence-electron chi connectivity index (χ2n) is 14.2. The van der Waals surface area contributed by atoms with Crippen LogP contribution in [0.15, 0.2) is 61.1 Å². The molecule has 2 aromatic carbocycles. The van der Waals surface area contributed by atoms with Crippen LogP contribution in [0.2, 0.25) is 0 Å². The van der Waals surface area contributed by atoms with Gasteiger partial charge >= 0.3 is 5.97 Å². The Labute approximate surface area is 366 Å². The van der Waals surface area contributed by atoms with Crippen LogP contribution in [0.3, 0.4) is 0 Å². The highest BCUT2D eigenvalue weighted by Crippen LogP contribution is 2.22. The Balaban J connectivity index is 0.754. The van der Waals surface area contributed by atoms with Gasteiger partial charge in [-0.25, -0.2) is 19.7 Å². The normalized spacial score (nSPS) is 11.7. The topological polar surface area (TPSA) is 333 Å². The lowest BCUT2D eigenvalue weighted by Crippen LogP contribution is -2.41. The Morgan fingerprint density at radius 3 is 2.25 bits per heavy atom. The number of anilines is 4. The number of carbonyl (C=O) groups is 3. The molecule has 23 heteroatoms. The molecule has 4 aromatic heterocycles. The number of nitrogens with zero attached hydrogens (tertiary/aromatic N) is 8. The number of rotatable bonds is 26. The van der Waals surface area contributed by atoms with E-state index >= 15 is 0 Å². The number of carbonyl (C=O) groups excluding carboxylic acids is 2. The van der Waals surface area contributed by atoms with Gasteiger partial charge in [0.15, 0.2) is 35.8 Å². The van der Waals surface area contributed by atoms with E-state index in [0.717, 1.165) is 16.8 Å². The quantitative estimate of drug-likeness (QED) is 0.0294. The average Bonchev–Trinajstić information content (AvgIpc) is 3.76. The second-order valence-corrected chi connectivity index (χ2v) is 14.2. The molecule has 0 saturated heterocycles. The van der Waals surface area contributed by atoms with Crippen LogP contribution in [0, 0.1) is 0 Å². The predicted octanol–water partition coefficient (Wildman–Crippen LogP) is 0.906. The summed E-state index contributed by atoms with van der Waals surface area (Å²) in [6.45, 7) is 4.28. The maximum Gasteiger partial charge on any atom is 0.326 e. The van der Waals surface area contributed by atoms with E-state index in [0.29, 0.717) is 93.3 Å². The summed E-state index contributed by atoms with van der Waals surface area (Å²) in [5, 5.41) is 14.9. The van der Waals surface area contributed by atoms with Crippen molar-refractivity contribution in [1.29, 1.82) is 0 Å². The van der Waals surface area contributed by atoms with Gasteiger partial charge in [-0.1, -0.05) is 24.3 Å². The Kier molecular flexibility index (Phi) is 16.7. The van der Waals surface area contributed by atoms with E-state index in [2.05, 4.69) is 55.2 Å². The van der Waals surface area contributed by atoms with Crippen molar-refractivity contribution in [3.8, 4) is 5.88 Å². The van der Waals surface area contributed by atoms with E-state index in [-0.39, 0.29) is 55.2 Å². The molecule has 23 nitrogen and oxygen atoms in total. The summed E-state index contributed by atoms with van der Waals surface area (Å²) in [4.78, 5) is 71.0. The van der Waals surface area contributed by atoms with Crippen LogP contribution in [0.1, 0.15) is 40.0 Å². The molecule has 338 valence electrons. The summed E-state index contributed by atoms with van der Waals surface area (Å²) < 4.78 is 27.0. The van der Waals surface area contributed by atoms with Crippen LogP contribution in [0.5, 0.6) is 5.88 Å². The number of imidazole rings is 1. The van der Waals surface area contributed by atoms with Gasteiger partial charge in [0, 0.05) is 31.3 Å². The first-order valence-corrected chi connectivity index (χ1v) is 20.2. The molecule has 0 saturated carbocycles. The molecular weight excluding hydrogens is 833 g/mol. The summed E-state index contributed by atoms with van der Waals surface area (Å²) in [7, 11) is 1.83. The number of H-pyrrole nitrogens is 1. The summed E-state index contributed by atoms with van der Waals surface area (Å²) in [6.07, 6.45) is 2.87. The minimum absolute atomic E-state index is 0.00908. The Hall–Kier alpha value is -7.34. The second kappa shape index (κ2) is 23.2. The van der Waals surface area contributed by atoms with Crippen molar-refractivity contribution in [1.82, 2.24) is 50.5 Å². The number of ether oxygens (including phenoxy) is 5. The lowest BCUT2D eigenvalue weighted by molar-refractivity contribution is -0.139. The van der Waals surface area contributed by atoms with E-state index in [1.807, 2.05) is 36.2 Å². The van der Waals surface area contributed by atoms with Crippen molar-refractivity contribution in [3.05, 3.63) is 83.4 Å². The van der Waals surface area contributed by atoms with E-state index in [9.17, 15) is 19.5 Å². The fourth-order valence-electron chi connectivity index (χ4n) is 6.08. The molecule has 2 amide bonds. The van der Waals surface area contributed by atoms with E-state index in [4.69, 9.17) is 36.1 Å². The smallest absolute Gasteiger partial charge is 0.326 e. The standard InChI is InChI=1S/C41H50N14O9/c1-55(21-28-20-46-35-32(49-28)34(42)51-40(43)52-35)29-8-6-27(7-9-29)37(57)50-30(39(58)59)10-11-31(56)45-12-13-60-14-15-61-16-17-62-18-19-63-22-25-2-4-26(5-3-25)23-64-38-33-36(48-24-47-33)53-41(44)54-38/h2-9,20,24,30H,10-19,21-23H2,1H3,(H,45,56)(H,50,57)(H,58,59)(H4,42,43,46,51,52)(H3,44,47,48,53,54)/p+1/t30-/m0/s1. The van der Waals surface area contributed by atoms with Crippen LogP contribution in [-0.4, -0.2) is 133 Å². The number of aliphatic carboxylic acids is 1. The first-order chi connectivity index (χ1) is 31.0. The summed E-state index contributed by atoms with van der Waals surface area (Å²) in [5.74, 6) is -1.62. The van der Waals surface area contributed by atoms with Crippen LogP contribution >= 0.6 is 0 Å². The van der Waals surface area contributed by atoms with E-state index in [1.54, 1.807) is 30.5 Å². The summed E-state index contributed by atoms with van der Waals surface area (Å²) in [5.41, 5.74) is 22.6.